The minimum absolute atomic E-state index is 0.240. The van der Waals surface area contributed by atoms with E-state index < -0.39 is 27.2 Å². The van der Waals surface area contributed by atoms with Gasteiger partial charge in [0.1, 0.15) is 5.82 Å². The van der Waals surface area contributed by atoms with Crippen LogP contribution in [0, 0.1) is 5.92 Å². The molecule has 8 heteroatoms. The Morgan fingerprint density at radius 3 is 2.80 bits per heavy atom. The van der Waals surface area contributed by atoms with Gasteiger partial charge in [0.25, 0.3) is 0 Å². The van der Waals surface area contributed by atoms with Crippen LogP contribution in [0.15, 0.2) is 22.8 Å². The molecule has 0 aliphatic heterocycles. The number of sulfonamides is 1. The molecule has 2 unspecified atom stereocenters. The summed E-state index contributed by atoms with van der Waals surface area (Å²) in [4.78, 5) is 15.6. The fourth-order valence-electron chi connectivity index (χ4n) is 2.38. The molecule has 0 bridgehead atoms. The lowest BCUT2D eigenvalue weighted by Crippen LogP contribution is -2.35. The number of hydrogen-bond acceptors (Lipinski definition) is 5. The lowest BCUT2D eigenvalue weighted by atomic mass is 10.1. The van der Waals surface area contributed by atoms with Gasteiger partial charge in [0, 0.05) is 10.7 Å². The highest BCUT2D eigenvalue weighted by atomic mass is 79.9. The maximum atomic E-state index is 12.3. The summed E-state index contributed by atoms with van der Waals surface area (Å²) in [5.41, 5.74) is 0. The van der Waals surface area contributed by atoms with E-state index in [2.05, 4.69) is 30.4 Å². The predicted octanol–water partition coefficient (Wildman–Crippen LogP) is 1.93. The van der Waals surface area contributed by atoms with E-state index in [4.69, 9.17) is 0 Å². The van der Waals surface area contributed by atoms with Gasteiger partial charge in [-0.25, -0.2) is 13.4 Å². The SMILES string of the molecule is COC(=O)C1CCCC1S(=O)(=O)Nc1ccc(Br)cn1. The van der Waals surface area contributed by atoms with Crippen molar-refractivity contribution in [3.05, 3.63) is 22.8 Å². The quantitative estimate of drug-likeness (QED) is 0.827. The molecule has 1 aromatic rings. The Kier molecular flexibility index (Phi) is 4.64. The number of anilines is 1. The van der Waals surface area contributed by atoms with E-state index in [9.17, 15) is 13.2 Å². The molecule has 6 nitrogen and oxygen atoms in total. The molecule has 1 aromatic heterocycles. The number of pyridine rings is 1. The first-order valence-corrected chi connectivity index (χ1v) is 8.49. The molecular formula is C12H15BrN2O4S. The Bertz CT molecular complexity index is 588. The zero-order valence-electron chi connectivity index (χ0n) is 10.9. The van der Waals surface area contributed by atoms with Gasteiger partial charge in [-0.15, -0.1) is 0 Å². The van der Waals surface area contributed by atoms with Gasteiger partial charge >= 0.3 is 5.97 Å². The summed E-state index contributed by atoms with van der Waals surface area (Å²) in [5, 5.41) is -0.764. The highest BCUT2D eigenvalue weighted by Gasteiger charge is 2.42. The topological polar surface area (TPSA) is 85.4 Å². The molecule has 1 fully saturated rings. The van der Waals surface area contributed by atoms with Crippen molar-refractivity contribution >= 4 is 37.7 Å². The molecule has 1 N–H and O–H groups in total. The molecule has 0 aromatic carbocycles. The third-order valence-electron chi connectivity index (χ3n) is 3.33. The van der Waals surface area contributed by atoms with Crippen molar-refractivity contribution in [2.24, 2.45) is 5.92 Å². The molecule has 1 heterocycles. The standard InChI is InChI=1S/C12H15BrN2O4S/c1-19-12(16)9-3-2-4-10(9)20(17,18)15-11-6-5-8(13)7-14-11/h5-7,9-10H,2-4H2,1H3,(H,14,15). The average molecular weight is 363 g/mol. The van der Waals surface area contributed by atoms with Crippen molar-refractivity contribution < 1.29 is 17.9 Å². The van der Waals surface area contributed by atoms with Crippen LogP contribution in [0.3, 0.4) is 0 Å². The molecule has 0 saturated heterocycles. The number of halogens is 1. The lowest BCUT2D eigenvalue weighted by molar-refractivity contribution is -0.145. The van der Waals surface area contributed by atoms with Gasteiger partial charge in [0.15, 0.2) is 0 Å². The van der Waals surface area contributed by atoms with E-state index in [0.717, 1.165) is 4.47 Å². The highest BCUT2D eigenvalue weighted by Crippen LogP contribution is 2.32. The third kappa shape index (κ3) is 3.29. The summed E-state index contributed by atoms with van der Waals surface area (Å²) in [5.74, 6) is -0.835. The Balaban J connectivity index is 2.17. The number of aromatic nitrogens is 1. The molecule has 110 valence electrons. The first kappa shape index (κ1) is 15.2. The van der Waals surface area contributed by atoms with Crippen LogP contribution in [0.4, 0.5) is 5.82 Å². The van der Waals surface area contributed by atoms with Gasteiger partial charge in [-0.2, -0.15) is 0 Å². The number of carbonyl (C=O) groups is 1. The fourth-order valence-corrected chi connectivity index (χ4v) is 4.33. The van der Waals surface area contributed by atoms with Gasteiger partial charge in [-0.1, -0.05) is 6.42 Å². The number of esters is 1. The smallest absolute Gasteiger partial charge is 0.310 e. The summed E-state index contributed by atoms with van der Waals surface area (Å²) in [7, 11) is -2.39. The maximum absolute atomic E-state index is 12.3. The van der Waals surface area contributed by atoms with E-state index in [1.165, 1.54) is 13.3 Å². The largest absolute Gasteiger partial charge is 0.469 e. The number of ether oxygens (including phenoxy) is 1. The fraction of sp³-hybridized carbons (Fsp3) is 0.500. The van der Waals surface area contributed by atoms with Crippen LogP contribution in [0.2, 0.25) is 0 Å². The van der Waals surface area contributed by atoms with Crippen LogP contribution in [-0.4, -0.2) is 31.7 Å². The van der Waals surface area contributed by atoms with E-state index in [0.29, 0.717) is 19.3 Å². The number of carbonyl (C=O) groups excluding carboxylic acids is 1. The van der Waals surface area contributed by atoms with E-state index >= 15 is 0 Å². The van der Waals surface area contributed by atoms with Crippen LogP contribution in [-0.2, 0) is 19.6 Å². The van der Waals surface area contributed by atoms with Crippen LogP contribution >= 0.6 is 15.9 Å². The molecule has 0 radical (unpaired) electrons. The number of nitrogens with one attached hydrogen (secondary N) is 1. The van der Waals surface area contributed by atoms with E-state index in [-0.39, 0.29) is 5.82 Å². The molecule has 0 amide bonds. The minimum atomic E-state index is -3.66. The van der Waals surface area contributed by atoms with E-state index in [1.54, 1.807) is 12.1 Å². The van der Waals surface area contributed by atoms with E-state index in [1.807, 2.05) is 0 Å². The third-order valence-corrected chi connectivity index (χ3v) is 5.65. The van der Waals surface area contributed by atoms with Crippen LogP contribution in [0.1, 0.15) is 19.3 Å². The molecule has 2 rings (SSSR count). The zero-order chi connectivity index (χ0) is 14.8. The van der Waals surface area contributed by atoms with Gasteiger partial charge < -0.3 is 4.74 Å². The molecule has 1 saturated carbocycles. The Labute approximate surface area is 126 Å². The maximum Gasteiger partial charge on any atom is 0.310 e. The molecular weight excluding hydrogens is 348 g/mol. The second-order valence-corrected chi connectivity index (χ2v) is 7.42. The molecule has 20 heavy (non-hydrogen) atoms. The average Bonchev–Trinajstić information content (AvgIpc) is 2.90. The normalized spacial score (nSPS) is 22.5. The first-order chi connectivity index (χ1) is 9.44. The molecule has 1 aliphatic carbocycles. The Morgan fingerprint density at radius 2 is 2.20 bits per heavy atom. The van der Waals surface area contributed by atoms with Gasteiger partial charge in [-0.3, -0.25) is 9.52 Å². The summed E-state index contributed by atoms with van der Waals surface area (Å²) in [6.45, 7) is 0. The summed E-state index contributed by atoms with van der Waals surface area (Å²) >= 11 is 3.23. The second-order valence-electron chi connectivity index (χ2n) is 4.61. The lowest BCUT2D eigenvalue weighted by Gasteiger charge is -2.18. The van der Waals surface area contributed by atoms with Crippen molar-refractivity contribution in [1.82, 2.24) is 4.98 Å². The van der Waals surface area contributed by atoms with Crippen LogP contribution in [0.5, 0.6) is 0 Å². The summed E-state index contributed by atoms with van der Waals surface area (Å²) in [6, 6.07) is 3.25. The van der Waals surface area contributed by atoms with Gasteiger partial charge in [-0.05, 0) is 40.9 Å². The predicted molar refractivity (Wildman–Crippen MR) is 77.6 cm³/mol. The van der Waals surface area contributed by atoms with Crippen molar-refractivity contribution in [3.63, 3.8) is 0 Å². The zero-order valence-corrected chi connectivity index (χ0v) is 13.3. The monoisotopic (exact) mass is 362 g/mol. The van der Waals surface area contributed by atoms with Gasteiger partial charge in [0.05, 0.1) is 18.3 Å². The Morgan fingerprint density at radius 1 is 1.45 bits per heavy atom. The van der Waals surface area contributed by atoms with Gasteiger partial charge in [0.2, 0.25) is 10.0 Å². The highest BCUT2D eigenvalue weighted by molar-refractivity contribution is 9.10. The molecule has 2 atom stereocenters. The molecule has 1 aliphatic rings. The number of hydrogen-bond donors (Lipinski definition) is 1. The van der Waals surface area contributed by atoms with Crippen LogP contribution in [0.25, 0.3) is 0 Å². The number of methoxy groups -OCH3 is 1. The van der Waals surface area contributed by atoms with Crippen LogP contribution < -0.4 is 4.72 Å². The van der Waals surface area contributed by atoms with Crippen molar-refractivity contribution in [2.45, 2.75) is 24.5 Å². The minimum Gasteiger partial charge on any atom is -0.469 e. The van der Waals surface area contributed by atoms with Crippen molar-refractivity contribution in [2.75, 3.05) is 11.8 Å². The van der Waals surface area contributed by atoms with Crippen molar-refractivity contribution in [1.29, 1.82) is 0 Å². The number of rotatable bonds is 4. The number of nitrogens with zero attached hydrogens (tertiary/aromatic N) is 1. The first-order valence-electron chi connectivity index (χ1n) is 6.15. The Hall–Kier alpha value is -1.15. The molecule has 0 spiro atoms. The van der Waals surface area contributed by atoms with Crippen molar-refractivity contribution in [3.8, 4) is 0 Å². The second kappa shape index (κ2) is 6.09. The summed E-state index contributed by atoms with van der Waals surface area (Å²) in [6.07, 6.45) is 3.18. The summed E-state index contributed by atoms with van der Waals surface area (Å²) < 4.78 is 32.6.